The lowest BCUT2D eigenvalue weighted by Crippen LogP contribution is -2.03. The Labute approximate surface area is 126 Å². The molecule has 0 aliphatic heterocycles. The standard InChI is InChI=1S/C15H12ClNO4/c1-9-3-4-13(14(16)5-9)10-6-11(15(18)21-2)8-12(7-10)17(19)20/h3-8H,1-2H3. The SMILES string of the molecule is COC(=O)c1cc(-c2ccc(C)cc2Cl)cc([N+](=O)[O-])c1. The van der Waals surface area contributed by atoms with Crippen molar-refractivity contribution in [2.75, 3.05) is 7.11 Å². The van der Waals surface area contributed by atoms with E-state index in [2.05, 4.69) is 4.74 Å². The smallest absolute Gasteiger partial charge is 0.338 e. The van der Waals surface area contributed by atoms with Crippen molar-refractivity contribution in [3.63, 3.8) is 0 Å². The number of carbonyl (C=O) groups excluding carboxylic acids is 1. The van der Waals surface area contributed by atoms with Crippen LogP contribution in [0.15, 0.2) is 36.4 Å². The van der Waals surface area contributed by atoms with Crippen LogP contribution in [0.2, 0.25) is 5.02 Å². The molecular formula is C15H12ClNO4. The summed E-state index contributed by atoms with van der Waals surface area (Å²) in [7, 11) is 1.22. The Morgan fingerprint density at radius 3 is 2.52 bits per heavy atom. The minimum atomic E-state index is -0.636. The number of ether oxygens (including phenoxy) is 1. The van der Waals surface area contributed by atoms with E-state index >= 15 is 0 Å². The summed E-state index contributed by atoms with van der Waals surface area (Å²) in [6, 6.07) is 9.44. The van der Waals surface area contributed by atoms with Gasteiger partial charge in [0.2, 0.25) is 0 Å². The molecule has 0 unspecified atom stereocenters. The van der Waals surface area contributed by atoms with Crippen LogP contribution in [0.1, 0.15) is 15.9 Å². The van der Waals surface area contributed by atoms with Crippen molar-refractivity contribution in [2.45, 2.75) is 6.92 Å². The predicted octanol–water partition coefficient (Wildman–Crippen LogP) is 4.01. The van der Waals surface area contributed by atoms with Gasteiger partial charge in [0.25, 0.3) is 5.69 Å². The number of hydrogen-bond acceptors (Lipinski definition) is 4. The monoisotopic (exact) mass is 305 g/mol. The lowest BCUT2D eigenvalue weighted by Gasteiger charge is -2.08. The highest BCUT2D eigenvalue weighted by molar-refractivity contribution is 6.33. The van der Waals surface area contributed by atoms with Crippen LogP contribution in [0.5, 0.6) is 0 Å². The number of aryl methyl sites for hydroxylation is 1. The summed E-state index contributed by atoms with van der Waals surface area (Å²) in [5.74, 6) is -0.636. The molecule has 0 fully saturated rings. The molecule has 0 saturated carbocycles. The molecule has 0 N–H and O–H groups in total. The summed E-state index contributed by atoms with van der Waals surface area (Å²) in [6.45, 7) is 1.89. The Balaban J connectivity index is 2.64. The fraction of sp³-hybridized carbons (Fsp3) is 0.133. The molecule has 0 amide bonds. The Kier molecular flexibility index (Phi) is 4.23. The number of nitrogens with zero attached hydrogens (tertiary/aromatic N) is 1. The Morgan fingerprint density at radius 2 is 1.95 bits per heavy atom. The highest BCUT2D eigenvalue weighted by Crippen LogP contribution is 2.32. The quantitative estimate of drug-likeness (QED) is 0.488. The van der Waals surface area contributed by atoms with Crippen molar-refractivity contribution in [3.8, 4) is 11.1 Å². The van der Waals surface area contributed by atoms with Gasteiger partial charge in [0.15, 0.2) is 0 Å². The summed E-state index contributed by atoms with van der Waals surface area (Å²) in [6.07, 6.45) is 0. The van der Waals surface area contributed by atoms with Crippen molar-refractivity contribution in [1.29, 1.82) is 0 Å². The van der Waals surface area contributed by atoms with Gasteiger partial charge in [-0.2, -0.15) is 0 Å². The van der Waals surface area contributed by atoms with E-state index in [4.69, 9.17) is 11.6 Å². The molecule has 0 aliphatic rings. The summed E-state index contributed by atoms with van der Waals surface area (Å²) in [5.41, 5.74) is 2.01. The second-order valence-corrected chi connectivity index (χ2v) is 4.91. The number of non-ortho nitro benzene ring substituents is 1. The van der Waals surface area contributed by atoms with Crippen molar-refractivity contribution in [3.05, 3.63) is 62.7 Å². The summed E-state index contributed by atoms with van der Waals surface area (Å²) < 4.78 is 4.62. The first-order valence-corrected chi connectivity index (χ1v) is 6.44. The van der Waals surface area contributed by atoms with Gasteiger partial charge >= 0.3 is 5.97 Å². The lowest BCUT2D eigenvalue weighted by molar-refractivity contribution is -0.384. The van der Waals surface area contributed by atoms with Crippen LogP contribution in [0.25, 0.3) is 11.1 Å². The van der Waals surface area contributed by atoms with Crippen LogP contribution in [0.4, 0.5) is 5.69 Å². The molecule has 108 valence electrons. The van der Waals surface area contributed by atoms with E-state index in [1.807, 2.05) is 13.0 Å². The first-order valence-electron chi connectivity index (χ1n) is 6.06. The average Bonchev–Trinajstić information content (AvgIpc) is 2.45. The Bertz CT molecular complexity index is 728. The van der Waals surface area contributed by atoms with Gasteiger partial charge < -0.3 is 4.74 Å². The van der Waals surface area contributed by atoms with E-state index in [9.17, 15) is 14.9 Å². The maximum atomic E-state index is 11.6. The number of methoxy groups -OCH3 is 1. The van der Waals surface area contributed by atoms with Crippen LogP contribution in [0.3, 0.4) is 0 Å². The topological polar surface area (TPSA) is 69.4 Å². The molecule has 2 aromatic carbocycles. The highest BCUT2D eigenvalue weighted by Gasteiger charge is 2.16. The van der Waals surface area contributed by atoms with E-state index in [0.29, 0.717) is 16.1 Å². The van der Waals surface area contributed by atoms with Crippen molar-refractivity contribution in [1.82, 2.24) is 0 Å². The number of carbonyl (C=O) groups is 1. The number of nitro benzene ring substituents is 1. The minimum absolute atomic E-state index is 0.110. The van der Waals surface area contributed by atoms with E-state index in [0.717, 1.165) is 5.56 Å². The molecule has 2 aromatic rings. The summed E-state index contributed by atoms with van der Waals surface area (Å²) in [4.78, 5) is 22.1. The molecule has 0 bridgehead atoms. The van der Waals surface area contributed by atoms with Gasteiger partial charge in [0.1, 0.15) is 0 Å². The Hall–Kier alpha value is -2.40. The van der Waals surface area contributed by atoms with Gasteiger partial charge in [-0.1, -0.05) is 23.7 Å². The zero-order valence-electron chi connectivity index (χ0n) is 11.4. The van der Waals surface area contributed by atoms with Gasteiger partial charge in [-0.05, 0) is 30.2 Å². The second kappa shape index (κ2) is 5.93. The predicted molar refractivity (Wildman–Crippen MR) is 79.6 cm³/mol. The number of esters is 1. The molecule has 5 nitrogen and oxygen atoms in total. The lowest BCUT2D eigenvalue weighted by atomic mass is 10.0. The maximum absolute atomic E-state index is 11.6. The normalized spacial score (nSPS) is 10.2. The van der Waals surface area contributed by atoms with E-state index in [1.54, 1.807) is 12.1 Å². The third kappa shape index (κ3) is 3.20. The molecule has 6 heteroatoms. The molecule has 0 heterocycles. The second-order valence-electron chi connectivity index (χ2n) is 4.50. The van der Waals surface area contributed by atoms with Crippen LogP contribution < -0.4 is 0 Å². The summed E-state index contributed by atoms with van der Waals surface area (Å²) >= 11 is 6.18. The van der Waals surface area contributed by atoms with Crippen molar-refractivity contribution >= 4 is 23.3 Å². The number of halogens is 1. The molecule has 2 rings (SSSR count). The molecular weight excluding hydrogens is 294 g/mol. The third-order valence-corrected chi connectivity index (χ3v) is 3.30. The van der Waals surface area contributed by atoms with Crippen molar-refractivity contribution in [2.24, 2.45) is 0 Å². The molecule has 0 aliphatic carbocycles. The molecule has 21 heavy (non-hydrogen) atoms. The zero-order valence-corrected chi connectivity index (χ0v) is 12.2. The fourth-order valence-electron chi connectivity index (χ4n) is 1.96. The summed E-state index contributed by atoms with van der Waals surface area (Å²) in [5, 5.41) is 11.5. The largest absolute Gasteiger partial charge is 0.465 e. The van der Waals surface area contributed by atoms with Crippen LogP contribution >= 0.6 is 11.6 Å². The molecule has 0 aromatic heterocycles. The molecule has 0 saturated heterocycles. The average molecular weight is 306 g/mol. The first kappa shape index (κ1) is 15.0. The Morgan fingerprint density at radius 1 is 1.24 bits per heavy atom. The van der Waals surface area contributed by atoms with E-state index < -0.39 is 10.9 Å². The number of rotatable bonds is 3. The number of nitro groups is 1. The first-order chi connectivity index (χ1) is 9.92. The number of benzene rings is 2. The van der Waals surface area contributed by atoms with Gasteiger partial charge in [-0.25, -0.2) is 4.79 Å². The minimum Gasteiger partial charge on any atom is -0.465 e. The van der Waals surface area contributed by atoms with Gasteiger partial charge in [0.05, 0.1) is 17.6 Å². The van der Waals surface area contributed by atoms with Crippen LogP contribution in [-0.4, -0.2) is 18.0 Å². The fourth-order valence-corrected chi connectivity index (χ4v) is 2.31. The zero-order chi connectivity index (χ0) is 15.6. The highest BCUT2D eigenvalue weighted by atomic mass is 35.5. The van der Waals surface area contributed by atoms with Gasteiger partial charge in [0, 0.05) is 22.7 Å². The third-order valence-electron chi connectivity index (χ3n) is 2.99. The molecule has 0 atom stereocenters. The molecule has 0 radical (unpaired) electrons. The van der Waals surface area contributed by atoms with Gasteiger partial charge in [-0.15, -0.1) is 0 Å². The maximum Gasteiger partial charge on any atom is 0.338 e. The van der Waals surface area contributed by atoms with Crippen molar-refractivity contribution < 1.29 is 14.5 Å². The van der Waals surface area contributed by atoms with E-state index in [1.165, 1.54) is 25.3 Å². The van der Waals surface area contributed by atoms with E-state index in [-0.39, 0.29) is 11.3 Å². The molecule has 0 spiro atoms. The van der Waals surface area contributed by atoms with Crippen LogP contribution in [0, 0.1) is 17.0 Å². The number of hydrogen-bond donors (Lipinski definition) is 0. The van der Waals surface area contributed by atoms with Crippen LogP contribution in [-0.2, 0) is 4.74 Å². The van der Waals surface area contributed by atoms with Gasteiger partial charge in [-0.3, -0.25) is 10.1 Å².